The summed E-state index contributed by atoms with van der Waals surface area (Å²) in [6, 6.07) is 13.3. The fraction of sp³-hybridized carbons (Fsp3) is 0.200. The molecule has 0 N–H and O–H groups in total. The van der Waals surface area contributed by atoms with Crippen molar-refractivity contribution in [3.63, 3.8) is 0 Å². The highest BCUT2D eigenvalue weighted by Gasteiger charge is 2.01. The molecule has 0 radical (unpaired) electrons. The van der Waals surface area contributed by atoms with E-state index in [-0.39, 0.29) is 0 Å². The fourth-order valence-corrected chi connectivity index (χ4v) is 2.18. The summed E-state index contributed by atoms with van der Waals surface area (Å²) in [6.45, 7) is 6.44. The molecule has 0 spiro atoms. The maximum absolute atomic E-state index is 2.77. The molecule has 0 bridgehead atoms. The highest BCUT2D eigenvalue weighted by atomic mass is 31.0. The van der Waals surface area contributed by atoms with Gasteiger partial charge in [0.1, 0.15) is 0 Å². The van der Waals surface area contributed by atoms with Crippen LogP contribution in [0.3, 0.4) is 0 Å². The molecular weight excluding hydrogens is 211 g/mol. The molecule has 0 aliphatic heterocycles. The third kappa shape index (κ3) is 2.33. The lowest BCUT2D eigenvalue weighted by atomic mass is 9.99. The van der Waals surface area contributed by atoms with E-state index in [4.69, 9.17) is 0 Å². The smallest absolute Gasteiger partial charge is 0.0179 e. The van der Waals surface area contributed by atoms with E-state index < -0.39 is 0 Å². The lowest BCUT2D eigenvalue weighted by Gasteiger charge is -2.07. The van der Waals surface area contributed by atoms with Gasteiger partial charge in [-0.1, -0.05) is 47.5 Å². The lowest BCUT2D eigenvalue weighted by molar-refractivity contribution is 1.38. The Kier molecular flexibility index (Phi) is 3.12. The fourth-order valence-electron chi connectivity index (χ4n) is 2.00. The van der Waals surface area contributed by atoms with Gasteiger partial charge >= 0.3 is 0 Å². The Morgan fingerprint density at radius 2 is 1.38 bits per heavy atom. The van der Waals surface area contributed by atoms with Gasteiger partial charge in [-0.2, -0.15) is 0 Å². The molecule has 0 amide bonds. The summed E-state index contributed by atoms with van der Waals surface area (Å²) in [6.07, 6.45) is 0. The Morgan fingerprint density at radius 3 is 1.94 bits per heavy atom. The Hall–Kier alpha value is -1.13. The number of rotatable bonds is 1. The van der Waals surface area contributed by atoms with Crippen molar-refractivity contribution in [1.82, 2.24) is 0 Å². The predicted molar refractivity (Wildman–Crippen MR) is 75.4 cm³/mol. The van der Waals surface area contributed by atoms with Crippen molar-refractivity contribution in [3.05, 3.63) is 53.1 Å². The van der Waals surface area contributed by atoms with Gasteiger partial charge in [-0.3, -0.25) is 0 Å². The Bertz CT molecular complexity index is 507. The summed E-state index contributed by atoms with van der Waals surface area (Å²) < 4.78 is 0. The Labute approximate surface area is 99.9 Å². The van der Waals surface area contributed by atoms with Gasteiger partial charge in [0, 0.05) is 0 Å². The Balaban J connectivity index is 2.54. The van der Waals surface area contributed by atoms with Crippen LogP contribution in [0.1, 0.15) is 16.7 Å². The molecule has 0 aliphatic carbocycles. The molecule has 16 heavy (non-hydrogen) atoms. The summed E-state index contributed by atoms with van der Waals surface area (Å²) >= 11 is 0. The van der Waals surface area contributed by atoms with E-state index >= 15 is 0 Å². The van der Waals surface area contributed by atoms with Crippen molar-refractivity contribution in [2.45, 2.75) is 20.8 Å². The van der Waals surface area contributed by atoms with E-state index in [0.29, 0.717) is 0 Å². The van der Waals surface area contributed by atoms with Gasteiger partial charge in [-0.15, -0.1) is 9.24 Å². The molecule has 0 heterocycles. The van der Waals surface area contributed by atoms with Crippen LogP contribution in [0.5, 0.6) is 0 Å². The summed E-state index contributed by atoms with van der Waals surface area (Å²) in [5, 5.41) is 1.27. The van der Waals surface area contributed by atoms with Gasteiger partial charge in [-0.05, 0) is 42.8 Å². The van der Waals surface area contributed by atoms with Crippen molar-refractivity contribution in [2.24, 2.45) is 0 Å². The topological polar surface area (TPSA) is 0 Å². The summed E-state index contributed by atoms with van der Waals surface area (Å²) in [7, 11) is 2.77. The van der Waals surface area contributed by atoms with E-state index in [1.54, 1.807) is 0 Å². The molecule has 1 unspecified atom stereocenters. The summed E-state index contributed by atoms with van der Waals surface area (Å²) in [5.41, 5.74) is 6.58. The van der Waals surface area contributed by atoms with Gasteiger partial charge < -0.3 is 0 Å². The largest absolute Gasteiger partial charge is 0.105 e. The van der Waals surface area contributed by atoms with Gasteiger partial charge in [0.05, 0.1) is 0 Å². The molecule has 1 atom stereocenters. The molecule has 82 valence electrons. The first kappa shape index (κ1) is 11.4. The van der Waals surface area contributed by atoms with Crippen LogP contribution in [0.2, 0.25) is 0 Å². The number of benzene rings is 2. The van der Waals surface area contributed by atoms with Crippen molar-refractivity contribution < 1.29 is 0 Å². The first-order valence-corrected chi connectivity index (χ1v) is 6.09. The number of hydrogen-bond donors (Lipinski definition) is 0. The van der Waals surface area contributed by atoms with Crippen LogP contribution in [-0.2, 0) is 0 Å². The van der Waals surface area contributed by atoms with Crippen LogP contribution in [0.25, 0.3) is 11.1 Å². The zero-order valence-corrected chi connectivity index (χ0v) is 11.2. The molecule has 1 heteroatoms. The number of hydrogen-bond acceptors (Lipinski definition) is 0. The third-order valence-electron chi connectivity index (χ3n) is 2.82. The lowest BCUT2D eigenvalue weighted by Crippen LogP contribution is -1.96. The number of aryl methyl sites for hydroxylation is 3. The second-order valence-electron chi connectivity index (χ2n) is 4.45. The molecule has 0 fully saturated rings. The van der Waals surface area contributed by atoms with E-state index in [0.717, 1.165) is 0 Å². The SMILES string of the molecule is Cc1cc(C)cc(-c2ccc(P)c(C)c2)c1. The van der Waals surface area contributed by atoms with Crippen LogP contribution in [0.15, 0.2) is 36.4 Å². The average molecular weight is 228 g/mol. The van der Waals surface area contributed by atoms with Crippen molar-refractivity contribution in [2.75, 3.05) is 0 Å². The molecule has 2 aromatic rings. The zero-order chi connectivity index (χ0) is 11.7. The van der Waals surface area contributed by atoms with E-state index in [2.05, 4.69) is 66.4 Å². The molecule has 0 nitrogen and oxygen atoms in total. The van der Waals surface area contributed by atoms with Crippen molar-refractivity contribution >= 4 is 14.5 Å². The van der Waals surface area contributed by atoms with E-state index in [9.17, 15) is 0 Å². The normalized spacial score (nSPS) is 10.5. The first-order valence-electron chi connectivity index (χ1n) is 5.51. The average Bonchev–Trinajstić information content (AvgIpc) is 2.20. The second kappa shape index (κ2) is 4.39. The third-order valence-corrected chi connectivity index (χ3v) is 3.47. The van der Waals surface area contributed by atoms with Crippen molar-refractivity contribution in [3.8, 4) is 11.1 Å². The molecule has 0 aromatic heterocycles. The summed E-state index contributed by atoms with van der Waals surface area (Å²) in [5.74, 6) is 0. The maximum atomic E-state index is 2.77. The highest BCUT2D eigenvalue weighted by Crippen LogP contribution is 2.22. The van der Waals surface area contributed by atoms with E-state index in [1.165, 1.54) is 33.1 Å². The highest BCUT2D eigenvalue weighted by molar-refractivity contribution is 7.27. The van der Waals surface area contributed by atoms with Gasteiger partial charge in [-0.25, -0.2) is 0 Å². The predicted octanol–water partition coefficient (Wildman–Crippen LogP) is 3.78. The monoisotopic (exact) mass is 228 g/mol. The maximum Gasteiger partial charge on any atom is -0.0179 e. The second-order valence-corrected chi connectivity index (χ2v) is 5.07. The molecule has 0 saturated heterocycles. The quantitative estimate of drug-likeness (QED) is 0.652. The van der Waals surface area contributed by atoms with E-state index in [1.807, 2.05) is 0 Å². The van der Waals surface area contributed by atoms with Crippen LogP contribution in [0, 0.1) is 20.8 Å². The zero-order valence-electron chi connectivity index (χ0n) is 10.0. The van der Waals surface area contributed by atoms with Crippen LogP contribution in [0.4, 0.5) is 0 Å². The minimum Gasteiger partial charge on any atom is -0.105 e. The molecular formula is C15H17P. The minimum atomic E-state index is 1.27. The van der Waals surface area contributed by atoms with Crippen LogP contribution < -0.4 is 5.30 Å². The van der Waals surface area contributed by atoms with Crippen LogP contribution >= 0.6 is 9.24 Å². The van der Waals surface area contributed by atoms with Gasteiger partial charge in [0.2, 0.25) is 0 Å². The molecule has 2 rings (SSSR count). The van der Waals surface area contributed by atoms with Gasteiger partial charge in [0.25, 0.3) is 0 Å². The summed E-state index contributed by atoms with van der Waals surface area (Å²) in [4.78, 5) is 0. The van der Waals surface area contributed by atoms with Crippen LogP contribution in [-0.4, -0.2) is 0 Å². The van der Waals surface area contributed by atoms with Crippen molar-refractivity contribution in [1.29, 1.82) is 0 Å². The standard InChI is InChI=1S/C15H17P/c1-10-6-11(2)8-14(7-10)13-4-5-15(16)12(3)9-13/h4-9H,16H2,1-3H3. The molecule has 2 aromatic carbocycles. The van der Waals surface area contributed by atoms with Gasteiger partial charge in [0.15, 0.2) is 0 Å². The molecule has 0 aliphatic rings. The first-order chi connectivity index (χ1) is 7.56. The molecule has 0 saturated carbocycles. The Morgan fingerprint density at radius 1 is 0.750 bits per heavy atom. The minimum absolute atomic E-state index is 1.27.